The molecule has 0 aliphatic carbocycles. The average Bonchev–Trinajstić information content (AvgIpc) is 2.77. The number of rotatable bonds is 1. The lowest BCUT2D eigenvalue weighted by Gasteiger charge is -2.10. The minimum atomic E-state index is -0.850. The van der Waals surface area contributed by atoms with E-state index in [1.54, 1.807) is 18.2 Å². The van der Waals surface area contributed by atoms with Gasteiger partial charge in [-0.05, 0) is 30.4 Å². The molecule has 1 saturated heterocycles. The van der Waals surface area contributed by atoms with Crippen molar-refractivity contribution in [1.82, 2.24) is 20.2 Å². The number of carbonyl (C=O) groups excluding carboxylic acids is 2. The summed E-state index contributed by atoms with van der Waals surface area (Å²) in [5, 5.41) is 5.17. The lowest BCUT2D eigenvalue weighted by molar-refractivity contribution is -0.121. The molecule has 3 rings (SSSR count). The predicted molar refractivity (Wildman–Crippen MR) is 67.8 cm³/mol. The largest absolute Gasteiger partial charge is 0.331 e. The lowest BCUT2D eigenvalue weighted by atomic mass is 10.3. The van der Waals surface area contributed by atoms with Crippen LogP contribution in [0.2, 0.25) is 5.02 Å². The van der Waals surface area contributed by atoms with E-state index in [0.29, 0.717) is 15.3 Å². The van der Waals surface area contributed by atoms with Crippen molar-refractivity contribution in [3.63, 3.8) is 0 Å². The van der Waals surface area contributed by atoms with Gasteiger partial charge < -0.3 is 10.3 Å². The molecule has 1 aliphatic rings. The Hall–Kier alpha value is -1.86. The van der Waals surface area contributed by atoms with E-state index in [1.807, 2.05) is 0 Å². The van der Waals surface area contributed by atoms with Crippen molar-refractivity contribution in [2.24, 2.45) is 0 Å². The third-order valence-corrected chi connectivity index (χ3v) is 3.22. The van der Waals surface area contributed by atoms with Crippen molar-refractivity contribution < 1.29 is 9.59 Å². The molecule has 3 N–H and O–H groups in total. The third-order valence-electron chi connectivity index (χ3n) is 2.69. The van der Waals surface area contributed by atoms with Gasteiger partial charge in [-0.25, -0.2) is 4.79 Å². The van der Waals surface area contributed by atoms with E-state index in [1.165, 1.54) is 4.57 Å². The number of halogens is 1. The minimum Gasteiger partial charge on any atom is -0.331 e. The van der Waals surface area contributed by atoms with Crippen LogP contribution in [0.25, 0.3) is 11.0 Å². The Kier molecular flexibility index (Phi) is 2.39. The number of imidazole rings is 1. The number of benzene rings is 1. The molecule has 0 spiro atoms. The second-order valence-corrected chi connectivity index (χ2v) is 4.65. The number of hydrogen-bond donors (Lipinski definition) is 3. The Morgan fingerprint density at radius 1 is 1.33 bits per heavy atom. The summed E-state index contributed by atoms with van der Waals surface area (Å²) in [6.45, 7) is 0. The fourth-order valence-corrected chi connectivity index (χ4v) is 2.42. The van der Waals surface area contributed by atoms with Crippen LogP contribution in [0.1, 0.15) is 6.17 Å². The molecule has 92 valence electrons. The summed E-state index contributed by atoms with van der Waals surface area (Å²) < 4.78 is 1.87. The van der Waals surface area contributed by atoms with Gasteiger partial charge in [0, 0.05) is 5.02 Å². The minimum absolute atomic E-state index is 0.342. The van der Waals surface area contributed by atoms with Crippen molar-refractivity contribution >= 4 is 46.8 Å². The highest BCUT2D eigenvalue weighted by Crippen LogP contribution is 2.23. The summed E-state index contributed by atoms with van der Waals surface area (Å²) in [6, 6.07) is 4.62. The highest BCUT2D eigenvalue weighted by molar-refractivity contribution is 7.71. The van der Waals surface area contributed by atoms with E-state index in [2.05, 4.69) is 15.6 Å². The molecule has 1 aromatic heterocycles. The number of aromatic nitrogens is 2. The smallest absolute Gasteiger partial charge is 0.323 e. The van der Waals surface area contributed by atoms with Gasteiger partial charge in [-0.3, -0.25) is 14.7 Å². The summed E-state index contributed by atoms with van der Waals surface area (Å²) in [7, 11) is 0. The van der Waals surface area contributed by atoms with Crippen molar-refractivity contribution in [2.45, 2.75) is 6.17 Å². The van der Waals surface area contributed by atoms with Crippen LogP contribution < -0.4 is 10.6 Å². The maximum absolute atomic E-state index is 11.7. The number of carbonyl (C=O) groups is 2. The molecule has 1 aliphatic heterocycles. The van der Waals surface area contributed by atoms with E-state index in [0.717, 1.165) is 5.52 Å². The van der Waals surface area contributed by atoms with Gasteiger partial charge in [0.1, 0.15) is 0 Å². The lowest BCUT2D eigenvalue weighted by Crippen LogP contribution is -2.26. The quantitative estimate of drug-likeness (QED) is 0.550. The number of amides is 3. The highest BCUT2D eigenvalue weighted by Gasteiger charge is 2.32. The molecule has 0 bridgehead atoms. The Balaban J connectivity index is 2.25. The van der Waals surface area contributed by atoms with Crippen LogP contribution in [0.5, 0.6) is 0 Å². The second-order valence-electron chi connectivity index (χ2n) is 3.83. The van der Waals surface area contributed by atoms with Crippen LogP contribution in [0.4, 0.5) is 4.79 Å². The first-order valence-electron chi connectivity index (χ1n) is 5.07. The van der Waals surface area contributed by atoms with Crippen LogP contribution >= 0.6 is 23.8 Å². The van der Waals surface area contributed by atoms with E-state index >= 15 is 0 Å². The first-order valence-corrected chi connectivity index (χ1v) is 5.86. The normalized spacial score (nSPS) is 19.1. The van der Waals surface area contributed by atoms with Gasteiger partial charge in [0.15, 0.2) is 10.9 Å². The summed E-state index contributed by atoms with van der Waals surface area (Å²) in [4.78, 5) is 25.8. The molecule has 2 aromatic rings. The standard InChI is InChI=1S/C10H7ClN4O2S/c11-4-1-2-5-6(3-4)15(10(18)12-5)7-8(16)14-9(17)13-7/h1-3,7H,(H,12,18)(H2,13,14,16,17). The van der Waals surface area contributed by atoms with Crippen molar-refractivity contribution in [3.05, 3.63) is 28.0 Å². The Bertz CT molecular complexity index is 735. The van der Waals surface area contributed by atoms with Crippen molar-refractivity contribution in [2.75, 3.05) is 0 Å². The second kappa shape index (κ2) is 3.82. The number of nitrogens with one attached hydrogen (secondary N) is 3. The Labute approximate surface area is 111 Å². The van der Waals surface area contributed by atoms with E-state index in [4.69, 9.17) is 23.8 Å². The van der Waals surface area contributed by atoms with Gasteiger partial charge in [0.2, 0.25) is 0 Å². The Morgan fingerprint density at radius 2 is 2.11 bits per heavy atom. The van der Waals surface area contributed by atoms with Gasteiger partial charge in [-0.2, -0.15) is 0 Å². The van der Waals surface area contributed by atoms with Gasteiger partial charge in [-0.15, -0.1) is 0 Å². The molecule has 1 fully saturated rings. The number of nitrogens with zero attached hydrogens (tertiary/aromatic N) is 1. The average molecular weight is 283 g/mol. The maximum atomic E-state index is 11.7. The van der Waals surface area contributed by atoms with Crippen LogP contribution in [-0.2, 0) is 4.79 Å². The zero-order valence-electron chi connectivity index (χ0n) is 8.86. The number of fused-ring (bicyclic) bond motifs is 1. The van der Waals surface area contributed by atoms with E-state index < -0.39 is 18.1 Å². The zero-order valence-corrected chi connectivity index (χ0v) is 10.4. The topological polar surface area (TPSA) is 78.9 Å². The number of urea groups is 1. The maximum Gasteiger partial charge on any atom is 0.323 e. The van der Waals surface area contributed by atoms with Crippen LogP contribution in [-0.4, -0.2) is 21.5 Å². The number of hydrogen-bond acceptors (Lipinski definition) is 3. The van der Waals surface area contributed by atoms with E-state index in [-0.39, 0.29) is 0 Å². The Morgan fingerprint density at radius 3 is 2.78 bits per heavy atom. The fraction of sp³-hybridized carbons (Fsp3) is 0.100. The van der Waals surface area contributed by atoms with Crippen molar-refractivity contribution in [3.8, 4) is 0 Å². The molecule has 1 atom stereocenters. The van der Waals surface area contributed by atoms with Gasteiger partial charge in [-0.1, -0.05) is 11.6 Å². The van der Waals surface area contributed by atoms with Gasteiger partial charge >= 0.3 is 6.03 Å². The fourth-order valence-electron chi connectivity index (χ4n) is 1.94. The molecule has 1 aromatic carbocycles. The first-order chi connectivity index (χ1) is 8.56. The molecule has 8 heteroatoms. The van der Waals surface area contributed by atoms with Crippen molar-refractivity contribution in [1.29, 1.82) is 0 Å². The van der Waals surface area contributed by atoms with E-state index in [9.17, 15) is 9.59 Å². The van der Waals surface area contributed by atoms with Crippen LogP contribution in [0.15, 0.2) is 18.2 Å². The number of H-pyrrole nitrogens is 1. The molecule has 18 heavy (non-hydrogen) atoms. The molecular formula is C10H7ClN4O2S. The van der Waals surface area contributed by atoms with Gasteiger partial charge in [0.25, 0.3) is 5.91 Å². The highest BCUT2D eigenvalue weighted by atomic mass is 35.5. The van der Waals surface area contributed by atoms with Gasteiger partial charge in [0.05, 0.1) is 11.0 Å². The molecule has 2 heterocycles. The molecular weight excluding hydrogens is 276 g/mol. The number of imide groups is 1. The zero-order chi connectivity index (χ0) is 12.9. The summed E-state index contributed by atoms with van der Waals surface area (Å²) >= 11 is 11.1. The molecule has 3 amide bonds. The number of aromatic amines is 1. The summed E-state index contributed by atoms with van der Waals surface area (Å²) in [5.41, 5.74) is 1.41. The summed E-state index contributed by atoms with van der Waals surface area (Å²) in [5.74, 6) is -0.447. The van der Waals surface area contributed by atoms with Crippen LogP contribution in [0, 0.1) is 4.77 Å². The molecule has 0 saturated carbocycles. The predicted octanol–water partition coefficient (Wildman–Crippen LogP) is 1.69. The summed E-state index contributed by atoms with van der Waals surface area (Å²) in [6.07, 6.45) is -0.850. The monoisotopic (exact) mass is 282 g/mol. The SMILES string of the molecule is O=C1NC(=O)C(n2c(=S)[nH]c3ccc(Cl)cc32)N1. The molecule has 0 radical (unpaired) electrons. The molecule has 1 unspecified atom stereocenters. The van der Waals surface area contributed by atoms with Crippen LogP contribution in [0.3, 0.4) is 0 Å². The third kappa shape index (κ3) is 1.59. The molecule has 6 nitrogen and oxygen atoms in total. The first kappa shape index (κ1) is 11.2.